The Morgan fingerprint density at radius 3 is 2.60 bits per heavy atom. The first-order valence-electron chi connectivity index (χ1n) is 13.3. The second-order valence-electron chi connectivity index (χ2n) is 9.68. The highest BCUT2D eigenvalue weighted by molar-refractivity contribution is 7.98. The minimum atomic E-state index is -5.78. The van der Waals surface area contributed by atoms with Crippen molar-refractivity contribution < 1.29 is 65.6 Å². The lowest BCUT2D eigenvalue weighted by Gasteiger charge is -2.21. The van der Waals surface area contributed by atoms with E-state index >= 15 is 0 Å². The molecule has 2 aromatic heterocycles. The summed E-state index contributed by atoms with van der Waals surface area (Å²) in [7, 11) is -16.9. The normalized spacial score (nSPS) is 20.9. The largest absolute Gasteiger partial charge is 0.490 e. The number of carbonyl (C=O) groups excluding carboxylic acids is 1. The number of nitrogens with zero attached hydrogens (tertiary/aromatic N) is 5. The molecule has 1 aliphatic heterocycles. The molecule has 47 heavy (non-hydrogen) atoms. The van der Waals surface area contributed by atoms with E-state index in [1.54, 1.807) is 17.8 Å². The number of anilines is 1. The molecule has 25 heteroatoms. The summed E-state index contributed by atoms with van der Waals surface area (Å²) in [6.45, 7) is -1.15. The number of imidazole rings is 1. The summed E-state index contributed by atoms with van der Waals surface area (Å²) < 4.78 is 60.7. The van der Waals surface area contributed by atoms with Crippen molar-refractivity contribution in [1.82, 2.24) is 19.5 Å². The van der Waals surface area contributed by atoms with Gasteiger partial charge in [-0.3, -0.25) is 24.0 Å². The van der Waals surface area contributed by atoms with Crippen LogP contribution in [0.25, 0.3) is 11.2 Å². The van der Waals surface area contributed by atoms with E-state index in [9.17, 15) is 38.4 Å². The number of thioether (sulfide) groups is 1. The maximum absolute atomic E-state index is 12.4. The van der Waals surface area contributed by atoms with Crippen molar-refractivity contribution in [3.63, 3.8) is 0 Å². The van der Waals surface area contributed by atoms with Gasteiger partial charge in [-0.15, -0.1) is 0 Å². The summed E-state index contributed by atoms with van der Waals surface area (Å²) in [6.07, 6.45) is 2.21. The molecule has 21 nitrogen and oxygen atoms in total. The average molecular weight is 742 g/mol. The van der Waals surface area contributed by atoms with Crippen LogP contribution in [0, 0.1) is 10.1 Å². The van der Waals surface area contributed by atoms with Crippen molar-refractivity contribution >= 4 is 63.8 Å². The Bertz CT molecular complexity index is 1740. The van der Waals surface area contributed by atoms with Crippen LogP contribution in [0.3, 0.4) is 0 Å². The molecule has 0 bridgehead atoms. The fourth-order valence-electron chi connectivity index (χ4n) is 4.40. The Hall–Kier alpha value is -2.68. The molecule has 0 radical (unpaired) electrons. The van der Waals surface area contributed by atoms with Crippen molar-refractivity contribution in [2.75, 3.05) is 23.9 Å². The van der Waals surface area contributed by atoms with Gasteiger partial charge in [0.05, 0.1) is 36.1 Å². The van der Waals surface area contributed by atoms with Crippen molar-refractivity contribution in [2.24, 2.45) is 0 Å². The van der Waals surface area contributed by atoms with Crippen LogP contribution in [-0.2, 0) is 47.7 Å². The molecule has 5 N–H and O–H groups in total. The molecule has 3 aromatic rings. The maximum Gasteiger partial charge on any atom is 0.490 e. The van der Waals surface area contributed by atoms with E-state index in [4.69, 9.17) is 23.8 Å². The first kappa shape index (κ1) is 37.1. The fraction of sp³-hybridized carbons (Fsp3) is 0.455. The van der Waals surface area contributed by atoms with Gasteiger partial charge in [0, 0.05) is 18.9 Å². The number of ether oxygens (including phenoxy) is 2. The fourth-order valence-corrected chi connectivity index (χ4v) is 7.86. The molecule has 5 unspecified atom stereocenters. The van der Waals surface area contributed by atoms with E-state index in [2.05, 4.69) is 28.9 Å². The van der Waals surface area contributed by atoms with Gasteiger partial charge >= 0.3 is 23.5 Å². The number of carbonyl (C=O) groups is 1. The molecule has 4 rings (SSSR count). The zero-order chi connectivity index (χ0) is 34.4. The number of hydrogen-bond acceptors (Lipinski definition) is 15. The van der Waals surface area contributed by atoms with Crippen LogP contribution in [0.1, 0.15) is 31.1 Å². The summed E-state index contributed by atoms with van der Waals surface area (Å²) in [5, 5.41) is 14.2. The number of phosphoric ester groups is 1. The van der Waals surface area contributed by atoms with Crippen LogP contribution in [-0.4, -0.2) is 80.7 Å². The molecule has 3 heterocycles. The van der Waals surface area contributed by atoms with Crippen LogP contribution in [0.5, 0.6) is 0 Å². The minimum absolute atomic E-state index is 0.00308. The van der Waals surface area contributed by atoms with E-state index in [1.807, 2.05) is 6.26 Å². The Morgan fingerprint density at radius 2 is 1.89 bits per heavy atom. The Balaban J connectivity index is 1.54. The third kappa shape index (κ3) is 10.7. The zero-order valence-electron chi connectivity index (χ0n) is 24.2. The van der Waals surface area contributed by atoms with Crippen LogP contribution in [0.4, 0.5) is 11.5 Å². The highest BCUT2D eigenvalue weighted by Crippen LogP contribution is 2.66. The highest BCUT2D eigenvalue weighted by atomic mass is 32.2. The van der Waals surface area contributed by atoms with E-state index in [-0.39, 0.29) is 53.6 Å². The first-order valence-corrected chi connectivity index (χ1v) is 19.2. The number of amides is 1. The maximum atomic E-state index is 12.4. The van der Waals surface area contributed by atoms with Crippen LogP contribution in [0.15, 0.2) is 36.9 Å². The molecule has 1 aliphatic rings. The Labute approximate surface area is 269 Å². The topological polar surface area (TPSA) is 294 Å². The molecule has 258 valence electrons. The minimum Gasteiger partial charge on any atom is -0.370 e. The van der Waals surface area contributed by atoms with Crippen molar-refractivity contribution in [3.05, 3.63) is 52.6 Å². The summed E-state index contributed by atoms with van der Waals surface area (Å²) in [4.78, 5) is 72.8. The second kappa shape index (κ2) is 15.7. The van der Waals surface area contributed by atoms with Gasteiger partial charge in [0.25, 0.3) is 5.69 Å². The van der Waals surface area contributed by atoms with Crippen molar-refractivity contribution in [1.29, 1.82) is 0 Å². The Kier molecular flexibility index (Phi) is 12.4. The molecule has 1 saturated heterocycles. The van der Waals surface area contributed by atoms with Crippen LogP contribution in [0.2, 0.25) is 0 Å². The van der Waals surface area contributed by atoms with Gasteiger partial charge in [-0.25, -0.2) is 28.6 Å². The van der Waals surface area contributed by atoms with Crippen molar-refractivity contribution in [2.45, 2.75) is 44.3 Å². The number of aromatic nitrogens is 4. The molecular formula is C22H29N6O15P3S. The quantitative estimate of drug-likeness (QED) is 0.0574. The SMILES string of the molecule is CSCCCC(=O)Nc1ncnc2c1ncn2C1CC(OCc2ccccc2[N+](=O)[O-])C(COP(=O)(O)OP(=O)(O)OP(=O)(O)O)O1. The van der Waals surface area contributed by atoms with Crippen LogP contribution < -0.4 is 5.32 Å². The smallest absolute Gasteiger partial charge is 0.370 e. The second-order valence-corrected chi connectivity index (χ2v) is 15.1. The molecule has 1 fully saturated rings. The van der Waals surface area contributed by atoms with Gasteiger partial charge in [0.2, 0.25) is 5.91 Å². The monoisotopic (exact) mass is 742 g/mol. The molecule has 1 aromatic carbocycles. The predicted molar refractivity (Wildman–Crippen MR) is 162 cm³/mol. The Morgan fingerprint density at radius 1 is 1.15 bits per heavy atom. The number of fused-ring (bicyclic) bond motifs is 1. The number of nitro groups is 1. The average Bonchev–Trinajstić information content (AvgIpc) is 3.58. The number of hydrogen-bond donors (Lipinski definition) is 5. The number of rotatable bonds is 17. The van der Waals surface area contributed by atoms with E-state index in [0.29, 0.717) is 6.42 Å². The predicted octanol–water partition coefficient (Wildman–Crippen LogP) is 3.03. The number of benzene rings is 1. The molecule has 1 amide bonds. The van der Waals surface area contributed by atoms with Gasteiger partial charge in [-0.2, -0.15) is 20.4 Å². The van der Waals surface area contributed by atoms with Crippen molar-refractivity contribution in [3.8, 4) is 0 Å². The highest BCUT2D eigenvalue weighted by Gasteiger charge is 2.44. The van der Waals surface area contributed by atoms with Gasteiger partial charge in [0.1, 0.15) is 18.7 Å². The van der Waals surface area contributed by atoms with Gasteiger partial charge in [-0.1, -0.05) is 12.1 Å². The summed E-state index contributed by atoms with van der Waals surface area (Å²) in [5.74, 6) is 0.666. The lowest BCUT2D eigenvalue weighted by molar-refractivity contribution is -0.386. The molecule has 0 aliphatic carbocycles. The zero-order valence-corrected chi connectivity index (χ0v) is 27.7. The summed E-state index contributed by atoms with van der Waals surface area (Å²) in [5.41, 5.74) is 0.429. The van der Waals surface area contributed by atoms with Gasteiger partial charge in [-0.05, 0) is 24.5 Å². The number of para-hydroxylation sites is 1. The third-order valence-corrected chi connectivity index (χ3v) is 10.8. The van der Waals surface area contributed by atoms with E-state index in [0.717, 1.165) is 5.75 Å². The standard InChI is InChI=1S/C22H29N6O15P3S/c1-47-8-4-7-18(29)26-21-20-22(24-12-23-21)27(13-25-20)19-9-16(39-10-14-5-2-3-6-15(14)28(30)31)17(41-19)11-40-45(35,36)43-46(37,38)42-44(32,33)34/h2-3,5-6,12-13,16-17,19H,4,7-11H2,1H3,(H,35,36)(H,37,38)(H2,32,33,34)(H,23,24,26,29). The molecule has 0 saturated carbocycles. The lowest BCUT2D eigenvalue weighted by atomic mass is 10.1. The van der Waals surface area contributed by atoms with Crippen LogP contribution >= 0.6 is 35.2 Å². The number of nitro benzene ring substituents is 1. The number of phosphoric acid groups is 3. The lowest BCUT2D eigenvalue weighted by Crippen LogP contribution is -2.29. The molecule has 0 spiro atoms. The molecule has 5 atom stereocenters. The van der Waals surface area contributed by atoms with E-state index in [1.165, 1.54) is 35.4 Å². The third-order valence-electron chi connectivity index (χ3n) is 6.32. The summed E-state index contributed by atoms with van der Waals surface area (Å²) in [6, 6.07) is 5.76. The summed E-state index contributed by atoms with van der Waals surface area (Å²) >= 11 is 1.60. The van der Waals surface area contributed by atoms with Gasteiger partial charge in [0.15, 0.2) is 17.0 Å². The number of nitrogens with one attached hydrogen (secondary N) is 1. The first-order chi connectivity index (χ1) is 22.1. The van der Waals surface area contributed by atoms with E-state index < -0.39 is 53.4 Å². The van der Waals surface area contributed by atoms with Gasteiger partial charge < -0.3 is 34.4 Å². The molecular weight excluding hydrogens is 713 g/mol.